The number of amides is 4. The first-order chi connectivity index (χ1) is 25.4. The van der Waals surface area contributed by atoms with Gasteiger partial charge in [-0.1, -0.05) is 26.0 Å². The Labute approximate surface area is 314 Å². The SMILES string of the molecule is COc1ccc2c(O[C@@H]3C[C@H]4C(=O)N[C@]5(C(=O)NS(=O)(=O)C6CC6)C[C@H]5/C=C\CC[C@H](C)C[C@@H](C)[C@H](N(C(=O)O)C(C)(C)C)C(=O)N4C3)nccc2c1F. The Morgan fingerprint density at radius 2 is 1.83 bits per heavy atom. The van der Waals surface area contributed by atoms with Gasteiger partial charge in [0.25, 0.3) is 5.91 Å². The van der Waals surface area contributed by atoms with Crippen molar-refractivity contribution in [3.05, 3.63) is 42.4 Å². The zero-order chi connectivity index (χ0) is 39.3. The van der Waals surface area contributed by atoms with Gasteiger partial charge in [-0.15, -0.1) is 0 Å². The normalized spacial score (nSPS) is 29.9. The summed E-state index contributed by atoms with van der Waals surface area (Å²) in [5.74, 6) is -3.55. The molecule has 2 saturated carbocycles. The molecule has 6 rings (SSSR count). The number of fused-ring (bicyclic) bond motifs is 3. The van der Waals surface area contributed by atoms with Gasteiger partial charge in [0.2, 0.25) is 27.7 Å². The quantitative estimate of drug-likeness (QED) is 0.342. The van der Waals surface area contributed by atoms with Crippen LogP contribution in [0.2, 0.25) is 0 Å². The summed E-state index contributed by atoms with van der Waals surface area (Å²) in [6.45, 7) is 8.84. The standard InChI is InChI=1S/C38H50FN5O9S/c1-21-9-7-8-10-23-19-38(23,35(47)42-54(50,51)25-11-12-25)41-32(45)28-18-24(53-33-27-13-14-29(52-6)30(39)26(27)15-16-40-33)20-43(28)34(46)31(22(2)17-21)44(36(48)49)37(3,4)5/h8,10,13-16,21-25,28,31H,7,9,11-12,17-20H2,1-6H3,(H,41,45)(H,42,47)(H,48,49)/b10-8-/t21-,22+,23+,24+,28-,31-,38+/m0/s1. The predicted octanol–water partition coefficient (Wildman–Crippen LogP) is 4.37. The van der Waals surface area contributed by atoms with E-state index in [9.17, 15) is 32.7 Å². The van der Waals surface area contributed by atoms with Gasteiger partial charge >= 0.3 is 6.09 Å². The number of carboxylic acid groups (broad SMARTS) is 1. The van der Waals surface area contributed by atoms with Crippen molar-refractivity contribution in [2.75, 3.05) is 13.7 Å². The Morgan fingerprint density at radius 1 is 1.11 bits per heavy atom. The maximum Gasteiger partial charge on any atom is 0.408 e. The number of sulfonamides is 1. The first-order valence-corrected chi connectivity index (χ1v) is 20.1. The Bertz CT molecular complexity index is 1970. The third kappa shape index (κ3) is 7.71. The molecule has 54 heavy (non-hydrogen) atoms. The summed E-state index contributed by atoms with van der Waals surface area (Å²) < 4.78 is 54.6. The van der Waals surface area contributed by atoms with E-state index in [1.165, 1.54) is 30.3 Å². The number of nitrogens with one attached hydrogen (secondary N) is 2. The molecule has 4 amide bonds. The molecule has 1 saturated heterocycles. The molecule has 0 unspecified atom stereocenters. The second kappa shape index (κ2) is 14.6. The van der Waals surface area contributed by atoms with E-state index in [1.54, 1.807) is 26.8 Å². The summed E-state index contributed by atoms with van der Waals surface area (Å²) in [5.41, 5.74) is -2.58. The second-order valence-electron chi connectivity index (χ2n) is 16.3. The summed E-state index contributed by atoms with van der Waals surface area (Å²) in [6, 6.07) is 2.08. The Balaban J connectivity index is 1.40. The molecule has 1 aromatic heterocycles. The highest BCUT2D eigenvalue weighted by atomic mass is 32.2. The van der Waals surface area contributed by atoms with Crippen molar-refractivity contribution in [1.29, 1.82) is 0 Å². The molecule has 3 fully saturated rings. The maximum atomic E-state index is 15.2. The number of carbonyl (C=O) groups excluding carboxylic acids is 3. The summed E-state index contributed by atoms with van der Waals surface area (Å²) in [7, 11) is -2.59. The van der Waals surface area contributed by atoms with Crippen LogP contribution in [0.4, 0.5) is 9.18 Å². The first-order valence-electron chi connectivity index (χ1n) is 18.5. The second-order valence-corrected chi connectivity index (χ2v) is 18.3. The van der Waals surface area contributed by atoms with Crippen molar-refractivity contribution >= 4 is 44.6 Å². The van der Waals surface area contributed by atoms with Crippen LogP contribution in [0.3, 0.4) is 0 Å². The number of allylic oxidation sites excluding steroid dienone is 1. The van der Waals surface area contributed by atoms with E-state index in [1.807, 2.05) is 26.0 Å². The number of rotatable bonds is 7. The van der Waals surface area contributed by atoms with Crippen molar-refractivity contribution in [3.8, 4) is 11.6 Å². The Hall–Kier alpha value is -4.47. The van der Waals surface area contributed by atoms with Crippen LogP contribution >= 0.6 is 0 Å². The van der Waals surface area contributed by atoms with Gasteiger partial charge in [0.15, 0.2) is 11.6 Å². The van der Waals surface area contributed by atoms with E-state index < -0.39 is 86.0 Å². The van der Waals surface area contributed by atoms with E-state index in [2.05, 4.69) is 15.0 Å². The van der Waals surface area contributed by atoms with Crippen molar-refractivity contribution in [2.24, 2.45) is 17.8 Å². The van der Waals surface area contributed by atoms with Gasteiger partial charge in [-0.2, -0.15) is 0 Å². The smallest absolute Gasteiger partial charge is 0.408 e. The molecule has 16 heteroatoms. The number of benzene rings is 1. The molecular weight excluding hydrogens is 722 g/mol. The van der Waals surface area contributed by atoms with Crippen LogP contribution in [0, 0.1) is 23.6 Å². The molecule has 0 bridgehead atoms. The number of ether oxygens (including phenoxy) is 2. The number of hydrogen-bond donors (Lipinski definition) is 3. The van der Waals surface area contributed by atoms with E-state index in [0.29, 0.717) is 37.5 Å². The van der Waals surface area contributed by atoms with Gasteiger partial charge in [0.1, 0.15) is 23.7 Å². The van der Waals surface area contributed by atoms with Crippen LogP contribution in [0.15, 0.2) is 36.5 Å². The fourth-order valence-electron chi connectivity index (χ4n) is 8.05. The highest BCUT2D eigenvalue weighted by Gasteiger charge is 2.62. The molecule has 2 aromatic rings. The lowest BCUT2D eigenvalue weighted by Crippen LogP contribution is -2.62. The van der Waals surface area contributed by atoms with Crippen molar-refractivity contribution in [2.45, 2.75) is 114 Å². The number of pyridine rings is 1. The van der Waals surface area contributed by atoms with E-state index >= 15 is 4.39 Å². The largest absolute Gasteiger partial charge is 0.494 e. The predicted molar refractivity (Wildman–Crippen MR) is 197 cm³/mol. The summed E-state index contributed by atoms with van der Waals surface area (Å²) in [4.78, 5) is 62.9. The van der Waals surface area contributed by atoms with Gasteiger partial charge in [-0.05, 0) is 89.3 Å². The topological polar surface area (TPSA) is 185 Å². The summed E-state index contributed by atoms with van der Waals surface area (Å²) in [5, 5.41) is 13.2. The van der Waals surface area contributed by atoms with Crippen molar-refractivity contribution < 1.29 is 46.6 Å². The van der Waals surface area contributed by atoms with E-state index in [-0.39, 0.29) is 42.3 Å². The molecule has 294 valence electrons. The lowest BCUT2D eigenvalue weighted by Gasteiger charge is -2.43. The lowest BCUT2D eigenvalue weighted by atomic mass is 9.85. The number of methoxy groups -OCH3 is 1. The molecular formula is C38H50FN5O9S. The molecule has 4 aliphatic rings. The molecule has 14 nitrogen and oxygen atoms in total. The number of halogens is 1. The maximum absolute atomic E-state index is 15.2. The average Bonchev–Trinajstić information content (AvgIpc) is 4.01. The van der Waals surface area contributed by atoms with Gasteiger partial charge in [0, 0.05) is 34.8 Å². The van der Waals surface area contributed by atoms with Gasteiger partial charge in [0.05, 0.1) is 18.9 Å². The fraction of sp³-hybridized carbons (Fsp3) is 0.605. The number of hydrogen-bond acceptors (Lipinski definition) is 9. The fourth-order valence-corrected chi connectivity index (χ4v) is 9.41. The van der Waals surface area contributed by atoms with Crippen molar-refractivity contribution in [1.82, 2.24) is 24.8 Å². The minimum atomic E-state index is -3.94. The monoisotopic (exact) mass is 771 g/mol. The van der Waals surface area contributed by atoms with Gasteiger partial charge in [-0.3, -0.25) is 24.0 Å². The molecule has 1 aromatic carbocycles. The van der Waals surface area contributed by atoms with Crippen LogP contribution in [-0.4, -0.2) is 100 Å². The molecule has 3 heterocycles. The third-order valence-electron chi connectivity index (χ3n) is 11.1. The Kier molecular flexibility index (Phi) is 10.6. The van der Waals surface area contributed by atoms with E-state index in [0.717, 1.165) is 4.90 Å². The van der Waals surface area contributed by atoms with Crippen LogP contribution in [0.25, 0.3) is 10.8 Å². The minimum Gasteiger partial charge on any atom is -0.494 e. The number of nitrogens with zero attached hydrogens (tertiary/aromatic N) is 3. The molecule has 2 aliphatic heterocycles. The molecule has 7 atom stereocenters. The summed E-state index contributed by atoms with van der Waals surface area (Å²) >= 11 is 0. The minimum absolute atomic E-state index is 0.0288. The first kappa shape index (κ1) is 39.2. The van der Waals surface area contributed by atoms with Crippen LogP contribution < -0.4 is 19.5 Å². The lowest BCUT2D eigenvalue weighted by molar-refractivity contribution is -0.146. The zero-order valence-electron chi connectivity index (χ0n) is 31.5. The van der Waals surface area contributed by atoms with Gasteiger partial charge in [-0.25, -0.2) is 22.6 Å². The van der Waals surface area contributed by atoms with Crippen molar-refractivity contribution in [3.63, 3.8) is 0 Å². The van der Waals surface area contributed by atoms with E-state index in [4.69, 9.17) is 9.47 Å². The highest BCUT2D eigenvalue weighted by Crippen LogP contribution is 2.46. The molecule has 2 aliphatic carbocycles. The highest BCUT2D eigenvalue weighted by molar-refractivity contribution is 7.91. The van der Waals surface area contributed by atoms with Gasteiger partial charge < -0.3 is 24.8 Å². The average molecular weight is 772 g/mol. The van der Waals surface area contributed by atoms with Crippen LogP contribution in [-0.2, 0) is 24.4 Å². The molecule has 0 radical (unpaired) electrons. The third-order valence-corrected chi connectivity index (χ3v) is 12.9. The molecule has 0 spiro atoms. The summed E-state index contributed by atoms with van der Waals surface area (Å²) in [6.07, 6.45) is 5.79. The number of carbonyl (C=O) groups is 4. The van der Waals surface area contributed by atoms with Crippen LogP contribution in [0.5, 0.6) is 11.6 Å². The zero-order valence-corrected chi connectivity index (χ0v) is 32.3. The Morgan fingerprint density at radius 3 is 2.48 bits per heavy atom. The van der Waals surface area contributed by atoms with Crippen LogP contribution in [0.1, 0.15) is 79.6 Å². The molecule has 3 N–H and O–H groups in total. The number of aromatic nitrogens is 1.